The molecule has 148 valence electrons. The Morgan fingerprint density at radius 1 is 1.29 bits per heavy atom. The second-order valence-corrected chi connectivity index (χ2v) is 8.02. The number of ether oxygens (including phenoxy) is 1. The Labute approximate surface area is 165 Å². The minimum absolute atomic E-state index is 0.159. The minimum atomic E-state index is -1.16. The Kier molecular flexibility index (Phi) is 4.96. The van der Waals surface area contributed by atoms with Gasteiger partial charge in [-0.1, -0.05) is 43.2 Å². The molecule has 1 aromatic carbocycles. The zero-order valence-corrected chi connectivity index (χ0v) is 16.5. The van der Waals surface area contributed by atoms with E-state index in [1.807, 2.05) is 37.3 Å². The van der Waals surface area contributed by atoms with E-state index in [2.05, 4.69) is 21.8 Å². The fourth-order valence-electron chi connectivity index (χ4n) is 3.75. The van der Waals surface area contributed by atoms with Gasteiger partial charge in [0.25, 0.3) is 0 Å². The maximum absolute atomic E-state index is 11.6. The summed E-state index contributed by atoms with van der Waals surface area (Å²) in [5.74, 6) is 0.534. The van der Waals surface area contributed by atoms with E-state index < -0.39 is 11.6 Å². The number of rotatable bonds is 6. The van der Waals surface area contributed by atoms with Crippen LogP contribution in [0.25, 0.3) is 11.3 Å². The number of carboxylic acid groups (broad SMARTS) is 1. The molecule has 1 atom stereocenters. The molecule has 0 spiro atoms. The van der Waals surface area contributed by atoms with Crippen molar-refractivity contribution in [3.05, 3.63) is 35.9 Å². The summed E-state index contributed by atoms with van der Waals surface area (Å²) in [7, 11) is 0. The number of piperidine rings is 1. The van der Waals surface area contributed by atoms with E-state index in [9.17, 15) is 9.90 Å². The number of anilines is 1. The van der Waals surface area contributed by atoms with Crippen molar-refractivity contribution in [3.8, 4) is 17.3 Å². The second-order valence-electron chi connectivity index (χ2n) is 8.02. The topological polar surface area (TPSA) is 75.6 Å². The monoisotopic (exact) mass is 381 g/mol. The quantitative estimate of drug-likeness (QED) is 0.813. The summed E-state index contributed by atoms with van der Waals surface area (Å²) in [5, 5.41) is 9.48. The van der Waals surface area contributed by atoms with Crippen molar-refractivity contribution in [1.29, 1.82) is 0 Å². The number of aromatic nitrogens is 2. The predicted octanol–water partition coefficient (Wildman–Crippen LogP) is 4.07. The Morgan fingerprint density at radius 2 is 2.04 bits per heavy atom. The average molecular weight is 381 g/mol. The Morgan fingerprint density at radius 3 is 2.68 bits per heavy atom. The van der Waals surface area contributed by atoms with Crippen LogP contribution in [-0.2, 0) is 4.79 Å². The van der Waals surface area contributed by atoms with Crippen LogP contribution in [0.1, 0.15) is 44.6 Å². The fraction of sp³-hybridized carbons (Fsp3) is 0.500. The summed E-state index contributed by atoms with van der Waals surface area (Å²) in [5.41, 5.74) is 1.76. The zero-order valence-electron chi connectivity index (χ0n) is 16.5. The Balaban J connectivity index is 1.70. The van der Waals surface area contributed by atoms with Crippen LogP contribution >= 0.6 is 0 Å². The van der Waals surface area contributed by atoms with E-state index in [-0.39, 0.29) is 6.01 Å². The van der Waals surface area contributed by atoms with E-state index in [1.54, 1.807) is 0 Å². The normalized spacial score (nSPS) is 20.6. The van der Waals surface area contributed by atoms with Crippen LogP contribution < -0.4 is 9.64 Å². The number of carboxylic acids is 1. The third-order valence-electron chi connectivity index (χ3n) is 5.84. The van der Waals surface area contributed by atoms with Gasteiger partial charge in [-0.2, -0.15) is 9.97 Å². The van der Waals surface area contributed by atoms with Gasteiger partial charge in [0.05, 0.1) is 5.69 Å². The number of hydrogen-bond acceptors (Lipinski definition) is 5. The fourth-order valence-corrected chi connectivity index (χ4v) is 3.75. The van der Waals surface area contributed by atoms with Crippen molar-refractivity contribution in [2.75, 3.05) is 18.0 Å². The first kappa shape index (κ1) is 18.7. The lowest BCUT2D eigenvalue weighted by Gasteiger charge is -2.33. The van der Waals surface area contributed by atoms with Crippen LogP contribution in [-0.4, -0.2) is 39.7 Å². The number of carbonyl (C=O) groups is 1. The Bertz CT molecular complexity index is 862. The molecule has 6 heteroatoms. The van der Waals surface area contributed by atoms with Crippen molar-refractivity contribution >= 4 is 11.8 Å². The van der Waals surface area contributed by atoms with E-state index in [0.29, 0.717) is 18.8 Å². The summed E-state index contributed by atoms with van der Waals surface area (Å²) in [4.78, 5) is 23.0. The molecule has 1 aromatic heterocycles. The molecule has 2 heterocycles. The molecule has 1 aliphatic carbocycles. The van der Waals surface area contributed by atoms with Crippen molar-refractivity contribution < 1.29 is 14.6 Å². The molecule has 2 fully saturated rings. The van der Waals surface area contributed by atoms with Crippen LogP contribution in [0.15, 0.2) is 30.3 Å². The average Bonchev–Trinajstić information content (AvgIpc) is 3.49. The van der Waals surface area contributed by atoms with Crippen LogP contribution in [0.4, 0.5) is 5.82 Å². The van der Waals surface area contributed by atoms with Gasteiger partial charge >= 0.3 is 12.0 Å². The van der Waals surface area contributed by atoms with E-state index >= 15 is 0 Å². The third kappa shape index (κ3) is 3.81. The van der Waals surface area contributed by atoms with Crippen molar-refractivity contribution in [3.63, 3.8) is 0 Å². The molecule has 0 amide bonds. The molecule has 2 aromatic rings. The van der Waals surface area contributed by atoms with Gasteiger partial charge in [0.1, 0.15) is 5.82 Å². The summed E-state index contributed by atoms with van der Waals surface area (Å²) in [6.07, 6.45) is 4.53. The summed E-state index contributed by atoms with van der Waals surface area (Å²) in [6.45, 7) is 6.19. The largest absolute Gasteiger partial charge is 0.478 e. The van der Waals surface area contributed by atoms with Crippen molar-refractivity contribution in [1.82, 2.24) is 9.97 Å². The van der Waals surface area contributed by atoms with Crippen LogP contribution in [0.2, 0.25) is 0 Å². The molecule has 1 N–H and O–H groups in total. The second kappa shape index (κ2) is 7.41. The van der Waals surface area contributed by atoms with Gasteiger partial charge in [0.2, 0.25) is 5.60 Å². The number of hydrogen-bond donors (Lipinski definition) is 1. The van der Waals surface area contributed by atoms with Gasteiger partial charge in [0.15, 0.2) is 0 Å². The molecule has 4 rings (SSSR count). The molecular formula is C22H27N3O3. The van der Waals surface area contributed by atoms with E-state index in [0.717, 1.165) is 43.0 Å². The van der Waals surface area contributed by atoms with Crippen LogP contribution in [0, 0.1) is 12.8 Å². The van der Waals surface area contributed by atoms with Gasteiger partial charge in [-0.15, -0.1) is 0 Å². The van der Waals surface area contributed by atoms with Gasteiger partial charge in [-0.05, 0) is 25.7 Å². The third-order valence-corrected chi connectivity index (χ3v) is 5.84. The smallest absolute Gasteiger partial charge is 0.348 e. The highest BCUT2D eigenvalue weighted by atomic mass is 16.5. The number of aryl methyl sites for hydroxylation is 1. The minimum Gasteiger partial charge on any atom is -0.478 e. The molecule has 6 nitrogen and oxygen atoms in total. The van der Waals surface area contributed by atoms with Crippen LogP contribution in [0.5, 0.6) is 6.01 Å². The summed E-state index contributed by atoms with van der Waals surface area (Å²) in [6, 6.07) is 10.3. The molecule has 28 heavy (non-hydrogen) atoms. The van der Waals surface area contributed by atoms with E-state index in [1.165, 1.54) is 12.0 Å². The lowest BCUT2D eigenvalue weighted by molar-refractivity contribution is -0.147. The maximum Gasteiger partial charge on any atom is 0.348 e. The molecular weight excluding hydrogens is 354 g/mol. The highest BCUT2D eigenvalue weighted by Crippen LogP contribution is 2.40. The molecule has 0 radical (unpaired) electrons. The molecule has 1 saturated carbocycles. The first-order chi connectivity index (χ1) is 13.5. The van der Waals surface area contributed by atoms with Crippen molar-refractivity contribution in [2.24, 2.45) is 5.92 Å². The van der Waals surface area contributed by atoms with Gasteiger partial charge in [-0.3, -0.25) is 0 Å². The molecule has 2 aliphatic rings. The summed E-state index contributed by atoms with van der Waals surface area (Å²) < 4.78 is 5.80. The molecule has 1 aliphatic heterocycles. The number of benzene rings is 1. The van der Waals surface area contributed by atoms with Crippen LogP contribution in [0.3, 0.4) is 0 Å². The zero-order chi connectivity index (χ0) is 19.7. The SMILES string of the molecule is CC[C@H]1CCCN(c2cc(-c3ccc(C)cc3)nc(OC3(C(=O)O)CC3)n2)C1. The lowest BCUT2D eigenvalue weighted by atomic mass is 9.95. The van der Waals surface area contributed by atoms with Gasteiger partial charge in [0, 0.05) is 37.6 Å². The van der Waals surface area contributed by atoms with E-state index in [4.69, 9.17) is 4.74 Å². The first-order valence-electron chi connectivity index (χ1n) is 10.1. The maximum atomic E-state index is 11.6. The predicted molar refractivity (Wildman–Crippen MR) is 108 cm³/mol. The standard InChI is InChI=1S/C22H27N3O3/c1-3-16-5-4-12-25(14-16)19-13-18(17-8-6-15(2)7-9-17)23-21(24-19)28-22(10-11-22)20(26)27/h6-9,13,16H,3-5,10-12,14H2,1-2H3,(H,26,27)/t16-/m0/s1. The Hall–Kier alpha value is -2.63. The first-order valence-corrected chi connectivity index (χ1v) is 10.1. The van der Waals surface area contributed by atoms with Crippen molar-refractivity contribution in [2.45, 2.75) is 51.6 Å². The number of nitrogens with zero attached hydrogens (tertiary/aromatic N) is 3. The van der Waals surface area contributed by atoms with Gasteiger partial charge < -0.3 is 14.7 Å². The molecule has 0 bridgehead atoms. The summed E-state index contributed by atoms with van der Waals surface area (Å²) >= 11 is 0. The highest BCUT2D eigenvalue weighted by molar-refractivity contribution is 5.81. The molecule has 1 saturated heterocycles. The molecule has 0 unspecified atom stereocenters. The van der Waals surface area contributed by atoms with Gasteiger partial charge in [-0.25, -0.2) is 4.79 Å². The lowest BCUT2D eigenvalue weighted by Crippen LogP contribution is -2.36. The number of aliphatic carboxylic acids is 1. The highest BCUT2D eigenvalue weighted by Gasteiger charge is 2.54.